The number of aliphatic carboxylic acids is 1. The van der Waals surface area contributed by atoms with E-state index in [9.17, 15) is 14.7 Å². The molecule has 9 nitrogen and oxygen atoms in total. The first kappa shape index (κ1) is 21.6. The third kappa shape index (κ3) is 4.45. The summed E-state index contributed by atoms with van der Waals surface area (Å²) in [6.07, 6.45) is 0.969. The quantitative estimate of drug-likeness (QED) is 0.425. The minimum Gasteiger partial charge on any atom is -0.480 e. The Hall–Kier alpha value is -4.27. The number of ether oxygens (including phenoxy) is 1. The van der Waals surface area contributed by atoms with E-state index < -0.39 is 18.1 Å². The fraction of sp³-hybridized carbons (Fsp3) is 0.240. The average molecular weight is 457 g/mol. The number of H-pyrrole nitrogens is 1. The number of carboxylic acids is 1. The van der Waals surface area contributed by atoms with Crippen LogP contribution in [0.2, 0.25) is 0 Å². The maximum absolute atomic E-state index is 12.6. The van der Waals surface area contributed by atoms with Crippen LogP contribution in [0.15, 0.2) is 60.7 Å². The highest BCUT2D eigenvalue weighted by Crippen LogP contribution is 2.32. The second-order valence-electron chi connectivity index (χ2n) is 8.40. The smallest absolute Gasteiger partial charge is 0.411 e. The van der Waals surface area contributed by atoms with Crippen molar-refractivity contribution in [3.05, 3.63) is 66.2 Å². The van der Waals surface area contributed by atoms with Crippen molar-refractivity contribution in [3.8, 4) is 22.5 Å². The molecule has 0 radical (unpaired) electrons. The molecular weight excluding hydrogens is 434 g/mol. The summed E-state index contributed by atoms with van der Waals surface area (Å²) in [4.78, 5) is 25.4. The van der Waals surface area contributed by atoms with Crippen LogP contribution in [-0.2, 0) is 16.1 Å². The van der Waals surface area contributed by atoms with Gasteiger partial charge in [-0.15, -0.1) is 10.2 Å². The van der Waals surface area contributed by atoms with Gasteiger partial charge in [0.2, 0.25) is 5.82 Å². The predicted octanol–water partition coefficient (Wildman–Crippen LogP) is 4.26. The molecule has 1 aliphatic carbocycles. The molecule has 0 unspecified atom stereocenters. The number of benzene rings is 3. The largest absolute Gasteiger partial charge is 0.480 e. The van der Waals surface area contributed by atoms with E-state index in [1.807, 2.05) is 54.6 Å². The SMILES string of the molecule is C[C@@H](C(=O)O)N(Cc1ccc2cc(-c3ccccc3-c3nn[nH]n3)ccc2c1)C(=O)OC1CC1. The second kappa shape index (κ2) is 8.93. The molecule has 9 heteroatoms. The average Bonchev–Trinajstić information content (AvgIpc) is 3.49. The summed E-state index contributed by atoms with van der Waals surface area (Å²) < 4.78 is 5.37. The first-order valence-electron chi connectivity index (χ1n) is 11.1. The van der Waals surface area contributed by atoms with E-state index in [0.717, 1.165) is 45.9 Å². The van der Waals surface area contributed by atoms with Gasteiger partial charge in [0.1, 0.15) is 12.1 Å². The van der Waals surface area contributed by atoms with E-state index in [0.29, 0.717) is 5.82 Å². The molecule has 1 saturated carbocycles. The Balaban J connectivity index is 1.43. The fourth-order valence-corrected chi connectivity index (χ4v) is 3.85. The van der Waals surface area contributed by atoms with E-state index in [1.54, 1.807) is 0 Å². The number of fused-ring (bicyclic) bond motifs is 1. The Morgan fingerprint density at radius 1 is 1.09 bits per heavy atom. The Labute approximate surface area is 195 Å². The van der Waals surface area contributed by atoms with Gasteiger partial charge in [0.05, 0.1) is 0 Å². The lowest BCUT2D eigenvalue weighted by Crippen LogP contribution is -2.43. The van der Waals surface area contributed by atoms with Crippen LogP contribution in [0.4, 0.5) is 4.79 Å². The van der Waals surface area contributed by atoms with Crippen molar-refractivity contribution in [2.45, 2.75) is 38.5 Å². The molecule has 172 valence electrons. The van der Waals surface area contributed by atoms with Gasteiger partial charge < -0.3 is 9.84 Å². The van der Waals surface area contributed by atoms with Crippen molar-refractivity contribution in [2.75, 3.05) is 0 Å². The Kier molecular flexibility index (Phi) is 5.67. The monoisotopic (exact) mass is 457 g/mol. The molecule has 1 atom stereocenters. The molecule has 1 aromatic heterocycles. The molecule has 1 heterocycles. The summed E-state index contributed by atoms with van der Waals surface area (Å²) >= 11 is 0. The first-order valence-corrected chi connectivity index (χ1v) is 11.1. The minimum absolute atomic E-state index is 0.0960. The third-order valence-corrected chi connectivity index (χ3v) is 5.93. The van der Waals surface area contributed by atoms with Crippen LogP contribution in [0.5, 0.6) is 0 Å². The number of amides is 1. The fourth-order valence-electron chi connectivity index (χ4n) is 3.85. The van der Waals surface area contributed by atoms with Crippen molar-refractivity contribution in [3.63, 3.8) is 0 Å². The number of nitrogens with one attached hydrogen (secondary N) is 1. The van der Waals surface area contributed by atoms with Crippen LogP contribution in [0.3, 0.4) is 0 Å². The summed E-state index contributed by atoms with van der Waals surface area (Å²) in [5, 5.41) is 25.8. The van der Waals surface area contributed by atoms with Crippen molar-refractivity contribution < 1.29 is 19.4 Å². The Bertz CT molecular complexity index is 1350. The van der Waals surface area contributed by atoms with Crippen LogP contribution in [-0.4, -0.2) is 54.8 Å². The summed E-state index contributed by atoms with van der Waals surface area (Å²) in [5.41, 5.74) is 3.70. The molecule has 1 fully saturated rings. The van der Waals surface area contributed by atoms with E-state index in [2.05, 4.69) is 26.7 Å². The summed E-state index contributed by atoms with van der Waals surface area (Å²) in [6, 6.07) is 18.8. The first-order chi connectivity index (χ1) is 16.5. The number of rotatable bonds is 7. The summed E-state index contributed by atoms with van der Waals surface area (Å²) in [6.45, 7) is 1.64. The lowest BCUT2D eigenvalue weighted by atomic mass is 9.96. The number of hydrogen-bond acceptors (Lipinski definition) is 6. The maximum atomic E-state index is 12.6. The number of hydrogen-bond donors (Lipinski definition) is 2. The topological polar surface area (TPSA) is 121 Å². The summed E-state index contributed by atoms with van der Waals surface area (Å²) in [7, 11) is 0. The van der Waals surface area contributed by atoms with Gasteiger partial charge in [-0.2, -0.15) is 5.21 Å². The standard InChI is InChI=1S/C25H23N5O4/c1-15(24(31)32)30(25(33)34-20-10-11-20)14-16-6-7-18-13-19(9-8-17(18)12-16)21-4-2-3-5-22(21)23-26-28-29-27-23/h2-9,12-13,15,20H,10-11,14H2,1H3,(H,31,32)(H,26,27,28,29)/t15-/m0/s1. The van der Waals surface area contributed by atoms with Gasteiger partial charge in [-0.1, -0.05) is 48.5 Å². The van der Waals surface area contributed by atoms with E-state index >= 15 is 0 Å². The van der Waals surface area contributed by atoms with Crippen LogP contribution < -0.4 is 0 Å². The number of aromatic amines is 1. The zero-order valence-electron chi connectivity index (χ0n) is 18.5. The molecule has 4 aromatic rings. The predicted molar refractivity (Wildman–Crippen MR) is 125 cm³/mol. The number of carbonyl (C=O) groups is 2. The van der Waals surface area contributed by atoms with E-state index in [1.165, 1.54) is 11.8 Å². The van der Waals surface area contributed by atoms with Gasteiger partial charge in [0, 0.05) is 12.1 Å². The van der Waals surface area contributed by atoms with Crippen molar-refractivity contribution in [2.24, 2.45) is 0 Å². The summed E-state index contributed by atoms with van der Waals surface area (Å²) in [5.74, 6) is -0.546. The maximum Gasteiger partial charge on any atom is 0.411 e. The van der Waals surface area contributed by atoms with Gasteiger partial charge in [0.25, 0.3) is 0 Å². The number of tetrazole rings is 1. The molecule has 2 N–H and O–H groups in total. The van der Waals surface area contributed by atoms with Crippen LogP contribution in [0.25, 0.3) is 33.3 Å². The third-order valence-electron chi connectivity index (χ3n) is 5.93. The van der Waals surface area contributed by atoms with Crippen LogP contribution in [0.1, 0.15) is 25.3 Å². The number of nitrogens with zero attached hydrogens (tertiary/aromatic N) is 4. The molecule has 1 amide bonds. The van der Waals surface area contributed by atoms with Gasteiger partial charge >= 0.3 is 12.1 Å². The van der Waals surface area contributed by atoms with Gasteiger partial charge in [-0.25, -0.2) is 9.59 Å². The molecule has 1 aliphatic rings. The van der Waals surface area contributed by atoms with Crippen molar-refractivity contribution >= 4 is 22.8 Å². The zero-order valence-corrected chi connectivity index (χ0v) is 18.5. The molecule has 0 aliphatic heterocycles. The molecule has 34 heavy (non-hydrogen) atoms. The molecular formula is C25H23N5O4. The molecule has 3 aromatic carbocycles. The minimum atomic E-state index is -1.07. The highest BCUT2D eigenvalue weighted by molar-refractivity contribution is 5.91. The lowest BCUT2D eigenvalue weighted by molar-refractivity contribution is -0.142. The van der Waals surface area contributed by atoms with Gasteiger partial charge in [-0.05, 0) is 64.6 Å². The lowest BCUT2D eigenvalue weighted by Gasteiger charge is -2.26. The Morgan fingerprint density at radius 3 is 2.53 bits per heavy atom. The molecule has 5 rings (SSSR count). The van der Waals surface area contributed by atoms with Crippen LogP contribution >= 0.6 is 0 Å². The molecule has 0 saturated heterocycles. The van der Waals surface area contributed by atoms with Crippen molar-refractivity contribution in [1.29, 1.82) is 0 Å². The number of carbonyl (C=O) groups excluding carboxylic acids is 1. The molecule has 0 bridgehead atoms. The number of aromatic nitrogens is 4. The highest BCUT2D eigenvalue weighted by Gasteiger charge is 2.32. The van der Waals surface area contributed by atoms with Gasteiger partial charge in [-0.3, -0.25) is 4.90 Å². The number of carboxylic acid groups (broad SMARTS) is 1. The zero-order chi connectivity index (χ0) is 23.7. The van der Waals surface area contributed by atoms with E-state index in [-0.39, 0.29) is 12.6 Å². The second-order valence-corrected chi connectivity index (χ2v) is 8.40. The normalized spacial score (nSPS) is 14.0. The van der Waals surface area contributed by atoms with Crippen LogP contribution in [0, 0.1) is 0 Å². The van der Waals surface area contributed by atoms with Gasteiger partial charge in [0.15, 0.2) is 0 Å². The molecule has 0 spiro atoms. The highest BCUT2D eigenvalue weighted by atomic mass is 16.6. The van der Waals surface area contributed by atoms with E-state index in [4.69, 9.17) is 4.74 Å². The van der Waals surface area contributed by atoms with Crippen molar-refractivity contribution in [1.82, 2.24) is 25.5 Å². The Morgan fingerprint density at radius 2 is 1.82 bits per heavy atom.